The smallest absolute Gasteiger partial charge is 0.292 e. The zero-order chi connectivity index (χ0) is 11.8. The van der Waals surface area contributed by atoms with Crippen LogP contribution in [0.1, 0.15) is 5.69 Å². The Morgan fingerprint density at radius 1 is 1.06 bits per heavy atom. The number of aromatic nitrogens is 1. The van der Waals surface area contributed by atoms with Crippen LogP contribution in [-0.4, -0.2) is 4.98 Å². The monoisotopic (exact) mass is 224 g/mol. The first-order chi connectivity index (χ1) is 8.24. The Morgan fingerprint density at radius 3 is 2.53 bits per heavy atom. The largest absolute Gasteiger partial charge is 0.423 e. The van der Waals surface area contributed by atoms with Gasteiger partial charge in [-0.1, -0.05) is 36.4 Å². The van der Waals surface area contributed by atoms with Crippen molar-refractivity contribution in [3.63, 3.8) is 0 Å². The number of aryl methyl sites for hydroxylation is 1. The van der Waals surface area contributed by atoms with Gasteiger partial charge >= 0.3 is 0 Å². The number of anilines is 1. The number of hydrogen-bond donors (Lipinski definition) is 1. The summed E-state index contributed by atoms with van der Waals surface area (Å²) in [6.07, 6.45) is 0. The van der Waals surface area contributed by atoms with Gasteiger partial charge in [0.25, 0.3) is 6.01 Å². The van der Waals surface area contributed by atoms with E-state index in [1.807, 2.05) is 25.1 Å². The fourth-order valence-electron chi connectivity index (χ4n) is 2.02. The number of oxazole rings is 1. The molecule has 0 amide bonds. The summed E-state index contributed by atoms with van der Waals surface area (Å²) in [7, 11) is 0. The van der Waals surface area contributed by atoms with Gasteiger partial charge in [0.1, 0.15) is 0 Å². The number of nitrogens with zero attached hydrogens (tertiary/aromatic N) is 1. The molecular weight excluding hydrogens is 212 g/mol. The molecule has 0 spiro atoms. The summed E-state index contributed by atoms with van der Waals surface area (Å²) in [6, 6.07) is 14.6. The maximum Gasteiger partial charge on any atom is 0.292 e. The standard InChI is InChI=1S/C14H12N2O/c1-9-13(17-14(15)16-9)12-7-6-10-4-2-3-5-11(10)8-12/h2-8H,1H3,(H2,15,16). The van der Waals surface area contributed by atoms with Crippen LogP contribution in [0.25, 0.3) is 22.1 Å². The molecule has 0 fully saturated rings. The molecule has 17 heavy (non-hydrogen) atoms. The molecule has 3 rings (SSSR count). The van der Waals surface area contributed by atoms with Crippen molar-refractivity contribution in [2.24, 2.45) is 0 Å². The van der Waals surface area contributed by atoms with Crippen molar-refractivity contribution in [2.75, 3.05) is 5.73 Å². The molecule has 1 aromatic heterocycles. The molecule has 0 aliphatic heterocycles. The number of benzene rings is 2. The molecule has 0 atom stereocenters. The van der Waals surface area contributed by atoms with E-state index >= 15 is 0 Å². The lowest BCUT2D eigenvalue weighted by atomic mass is 10.1. The van der Waals surface area contributed by atoms with E-state index < -0.39 is 0 Å². The van der Waals surface area contributed by atoms with E-state index in [1.54, 1.807) is 0 Å². The highest BCUT2D eigenvalue weighted by Gasteiger charge is 2.09. The number of fused-ring (bicyclic) bond motifs is 1. The van der Waals surface area contributed by atoms with Crippen LogP contribution in [0.2, 0.25) is 0 Å². The SMILES string of the molecule is Cc1nc(N)oc1-c1ccc2ccccc2c1. The first-order valence-corrected chi connectivity index (χ1v) is 5.46. The molecule has 0 aliphatic rings. The van der Waals surface area contributed by atoms with Gasteiger partial charge in [-0.3, -0.25) is 0 Å². The van der Waals surface area contributed by atoms with Gasteiger partial charge in [-0.05, 0) is 23.8 Å². The quantitative estimate of drug-likeness (QED) is 0.689. The van der Waals surface area contributed by atoms with Crippen molar-refractivity contribution in [3.8, 4) is 11.3 Å². The van der Waals surface area contributed by atoms with Crippen molar-refractivity contribution >= 4 is 16.8 Å². The van der Waals surface area contributed by atoms with Crippen LogP contribution in [0.5, 0.6) is 0 Å². The number of hydrogen-bond acceptors (Lipinski definition) is 3. The van der Waals surface area contributed by atoms with E-state index in [-0.39, 0.29) is 6.01 Å². The first kappa shape index (κ1) is 9.90. The molecule has 0 aliphatic carbocycles. The van der Waals surface area contributed by atoms with Crippen LogP contribution in [0.4, 0.5) is 6.01 Å². The van der Waals surface area contributed by atoms with Crippen LogP contribution in [0.15, 0.2) is 46.9 Å². The highest BCUT2D eigenvalue weighted by molar-refractivity contribution is 5.86. The predicted molar refractivity (Wildman–Crippen MR) is 68.6 cm³/mol. The fraction of sp³-hybridized carbons (Fsp3) is 0.0714. The number of rotatable bonds is 1. The number of nitrogen functional groups attached to an aromatic ring is 1. The summed E-state index contributed by atoms with van der Waals surface area (Å²) < 4.78 is 5.42. The summed E-state index contributed by atoms with van der Waals surface area (Å²) in [6.45, 7) is 1.89. The third-order valence-electron chi connectivity index (χ3n) is 2.82. The zero-order valence-electron chi connectivity index (χ0n) is 9.47. The van der Waals surface area contributed by atoms with Gasteiger partial charge < -0.3 is 10.2 Å². The Morgan fingerprint density at radius 2 is 1.82 bits per heavy atom. The molecule has 0 radical (unpaired) electrons. The molecule has 0 bridgehead atoms. The van der Waals surface area contributed by atoms with E-state index in [0.717, 1.165) is 17.0 Å². The van der Waals surface area contributed by atoms with Crippen LogP contribution in [-0.2, 0) is 0 Å². The van der Waals surface area contributed by atoms with E-state index in [0.29, 0.717) is 0 Å². The Bertz CT molecular complexity index is 686. The third kappa shape index (κ3) is 1.65. The number of nitrogens with two attached hydrogens (primary N) is 1. The lowest BCUT2D eigenvalue weighted by molar-refractivity contribution is 0.594. The topological polar surface area (TPSA) is 52.0 Å². The fourth-order valence-corrected chi connectivity index (χ4v) is 2.02. The van der Waals surface area contributed by atoms with Gasteiger partial charge in [-0.2, -0.15) is 4.98 Å². The van der Waals surface area contributed by atoms with Gasteiger partial charge in [0, 0.05) is 5.56 Å². The molecule has 0 saturated heterocycles. The minimum Gasteiger partial charge on any atom is -0.423 e. The second-order valence-corrected chi connectivity index (χ2v) is 4.03. The Kier molecular flexibility index (Phi) is 2.11. The second-order valence-electron chi connectivity index (χ2n) is 4.03. The molecule has 3 heteroatoms. The first-order valence-electron chi connectivity index (χ1n) is 5.46. The van der Waals surface area contributed by atoms with Crippen LogP contribution in [0.3, 0.4) is 0 Å². The van der Waals surface area contributed by atoms with Crippen molar-refractivity contribution in [2.45, 2.75) is 6.92 Å². The normalized spacial score (nSPS) is 10.9. The predicted octanol–water partition coefficient (Wildman–Crippen LogP) is 3.39. The van der Waals surface area contributed by atoms with Gasteiger partial charge in [0.15, 0.2) is 5.76 Å². The summed E-state index contributed by atoms with van der Waals surface area (Å²) in [5.41, 5.74) is 7.37. The van der Waals surface area contributed by atoms with Gasteiger partial charge in [-0.25, -0.2) is 0 Å². The second kappa shape index (κ2) is 3.63. The Labute approximate surface area is 98.9 Å². The summed E-state index contributed by atoms with van der Waals surface area (Å²) in [4.78, 5) is 4.08. The highest BCUT2D eigenvalue weighted by atomic mass is 16.4. The zero-order valence-corrected chi connectivity index (χ0v) is 9.47. The Hall–Kier alpha value is -2.29. The van der Waals surface area contributed by atoms with E-state index in [1.165, 1.54) is 10.8 Å². The molecule has 3 aromatic rings. The molecule has 3 nitrogen and oxygen atoms in total. The summed E-state index contributed by atoms with van der Waals surface area (Å²) in [5, 5.41) is 2.39. The van der Waals surface area contributed by atoms with Crippen LogP contribution >= 0.6 is 0 Å². The van der Waals surface area contributed by atoms with Crippen LogP contribution in [0, 0.1) is 6.92 Å². The van der Waals surface area contributed by atoms with Crippen molar-refractivity contribution in [1.82, 2.24) is 4.98 Å². The van der Waals surface area contributed by atoms with Crippen LogP contribution < -0.4 is 5.73 Å². The van der Waals surface area contributed by atoms with Gasteiger partial charge in [0.05, 0.1) is 5.69 Å². The van der Waals surface area contributed by atoms with E-state index in [2.05, 4.69) is 29.2 Å². The molecular formula is C14H12N2O. The lowest BCUT2D eigenvalue weighted by Gasteiger charge is -2.01. The van der Waals surface area contributed by atoms with E-state index in [4.69, 9.17) is 10.2 Å². The highest BCUT2D eigenvalue weighted by Crippen LogP contribution is 2.28. The van der Waals surface area contributed by atoms with Crippen molar-refractivity contribution < 1.29 is 4.42 Å². The molecule has 1 heterocycles. The lowest BCUT2D eigenvalue weighted by Crippen LogP contribution is -1.81. The summed E-state index contributed by atoms with van der Waals surface area (Å²) in [5.74, 6) is 0.744. The molecule has 84 valence electrons. The summed E-state index contributed by atoms with van der Waals surface area (Å²) >= 11 is 0. The maximum atomic E-state index is 5.55. The molecule has 2 N–H and O–H groups in total. The van der Waals surface area contributed by atoms with Crippen molar-refractivity contribution in [1.29, 1.82) is 0 Å². The average Bonchev–Trinajstić information content (AvgIpc) is 2.68. The minimum atomic E-state index is 0.214. The molecule has 2 aromatic carbocycles. The Balaban J connectivity index is 2.21. The van der Waals surface area contributed by atoms with Gasteiger partial charge in [0.2, 0.25) is 0 Å². The maximum absolute atomic E-state index is 5.55. The average molecular weight is 224 g/mol. The molecule has 0 unspecified atom stereocenters. The molecule has 0 saturated carbocycles. The van der Waals surface area contributed by atoms with Gasteiger partial charge in [-0.15, -0.1) is 0 Å². The third-order valence-corrected chi connectivity index (χ3v) is 2.82. The minimum absolute atomic E-state index is 0.214. The van der Waals surface area contributed by atoms with E-state index in [9.17, 15) is 0 Å². The van der Waals surface area contributed by atoms with Crippen molar-refractivity contribution in [3.05, 3.63) is 48.2 Å².